The second-order valence-corrected chi connectivity index (χ2v) is 5.99. The van der Waals surface area contributed by atoms with Crippen LogP contribution in [0.3, 0.4) is 0 Å². The third kappa shape index (κ3) is 5.28. The lowest BCUT2D eigenvalue weighted by Crippen LogP contribution is -2.24. The molecule has 0 spiro atoms. The summed E-state index contributed by atoms with van der Waals surface area (Å²) in [5.74, 6) is -0.0213. The van der Waals surface area contributed by atoms with Crippen LogP contribution in [0.25, 0.3) is 0 Å². The minimum atomic E-state index is -0.0213. The Morgan fingerprint density at radius 3 is 2.48 bits per heavy atom. The molecule has 3 aromatic rings. The van der Waals surface area contributed by atoms with Crippen LogP contribution in [0.15, 0.2) is 67.3 Å². The molecule has 0 saturated heterocycles. The van der Waals surface area contributed by atoms with Gasteiger partial charge in [0.05, 0.1) is 6.54 Å². The number of aromatic nitrogens is 3. The maximum Gasteiger partial charge on any atom is 0.251 e. The van der Waals surface area contributed by atoms with Crippen LogP contribution in [0, 0.1) is 0 Å². The fourth-order valence-electron chi connectivity index (χ4n) is 2.67. The zero-order valence-electron chi connectivity index (χ0n) is 14.1. The molecule has 3 rings (SSSR count). The first-order chi connectivity index (χ1) is 12.3. The highest BCUT2D eigenvalue weighted by Crippen LogP contribution is 2.07. The van der Waals surface area contributed by atoms with Crippen LogP contribution >= 0.6 is 0 Å². The second kappa shape index (κ2) is 8.78. The first-order valence-corrected chi connectivity index (χ1v) is 8.55. The van der Waals surface area contributed by atoms with E-state index in [9.17, 15) is 4.79 Å². The van der Waals surface area contributed by atoms with Crippen molar-refractivity contribution >= 4 is 5.91 Å². The number of carbonyl (C=O) groups excluding carboxylic acids is 1. The zero-order chi connectivity index (χ0) is 17.3. The van der Waals surface area contributed by atoms with Gasteiger partial charge in [-0.2, -0.15) is 5.10 Å². The van der Waals surface area contributed by atoms with Crippen LogP contribution in [0.2, 0.25) is 0 Å². The van der Waals surface area contributed by atoms with Crippen molar-refractivity contribution in [2.24, 2.45) is 0 Å². The molecule has 1 heterocycles. The van der Waals surface area contributed by atoms with Gasteiger partial charge in [-0.05, 0) is 42.5 Å². The third-order valence-corrected chi connectivity index (χ3v) is 4.05. The number of aryl methyl sites for hydroxylation is 1. The molecule has 128 valence electrons. The van der Waals surface area contributed by atoms with Crippen molar-refractivity contribution < 1.29 is 4.79 Å². The van der Waals surface area contributed by atoms with Gasteiger partial charge in [-0.15, -0.1) is 0 Å². The van der Waals surface area contributed by atoms with Gasteiger partial charge in [-0.3, -0.25) is 4.79 Å². The van der Waals surface area contributed by atoms with Crippen molar-refractivity contribution in [1.29, 1.82) is 0 Å². The van der Waals surface area contributed by atoms with Gasteiger partial charge in [0, 0.05) is 12.1 Å². The number of nitrogens with one attached hydrogen (secondary N) is 1. The van der Waals surface area contributed by atoms with E-state index in [0.717, 1.165) is 24.8 Å². The largest absolute Gasteiger partial charge is 0.352 e. The molecule has 1 amide bonds. The Bertz CT molecular complexity index is 767. The van der Waals surface area contributed by atoms with Crippen LogP contribution in [0.4, 0.5) is 0 Å². The summed E-state index contributed by atoms with van der Waals surface area (Å²) in [6, 6.07) is 18.0. The minimum Gasteiger partial charge on any atom is -0.352 e. The minimum absolute atomic E-state index is 0.0213. The van der Waals surface area contributed by atoms with Crippen LogP contribution in [0.5, 0.6) is 0 Å². The summed E-state index contributed by atoms with van der Waals surface area (Å²) in [5.41, 5.74) is 3.12. The number of hydrogen-bond acceptors (Lipinski definition) is 3. The van der Waals surface area contributed by atoms with Crippen LogP contribution in [-0.2, 0) is 13.0 Å². The topological polar surface area (TPSA) is 59.8 Å². The molecule has 0 aliphatic carbocycles. The number of amides is 1. The molecule has 5 heteroatoms. The number of carbonyl (C=O) groups is 1. The molecule has 0 fully saturated rings. The predicted octanol–water partition coefficient (Wildman–Crippen LogP) is 3.08. The van der Waals surface area contributed by atoms with E-state index < -0.39 is 0 Å². The normalized spacial score (nSPS) is 10.6. The fourth-order valence-corrected chi connectivity index (χ4v) is 2.67. The lowest BCUT2D eigenvalue weighted by atomic mass is 10.1. The summed E-state index contributed by atoms with van der Waals surface area (Å²) in [4.78, 5) is 16.1. The average Bonchev–Trinajstić information content (AvgIpc) is 3.16. The van der Waals surface area contributed by atoms with E-state index in [-0.39, 0.29) is 5.91 Å². The molecule has 0 aliphatic heterocycles. The summed E-state index contributed by atoms with van der Waals surface area (Å²) >= 11 is 0. The van der Waals surface area contributed by atoms with E-state index in [4.69, 9.17) is 0 Å². The van der Waals surface area contributed by atoms with Crippen LogP contribution in [-0.4, -0.2) is 27.2 Å². The van der Waals surface area contributed by atoms with Gasteiger partial charge in [0.1, 0.15) is 12.7 Å². The Kier molecular flexibility index (Phi) is 5.93. The SMILES string of the molecule is O=C(NCCCCc1ccccc1)c1ccc(Cn2cncn2)cc1. The zero-order valence-corrected chi connectivity index (χ0v) is 14.1. The first kappa shape index (κ1) is 16.9. The second-order valence-electron chi connectivity index (χ2n) is 5.99. The average molecular weight is 334 g/mol. The molecule has 25 heavy (non-hydrogen) atoms. The number of nitrogens with zero attached hydrogens (tertiary/aromatic N) is 3. The van der Waals surface area contributed by atoms with Gasteiger partial charge in [-0.25, -0.2) is 9.67 Å². The number of rotatable bonds is 8. The smallest absolute Gasteiger partial charge is 0.251 e. The Morgan fingerprint density at radius 2 is 1.76 bits per heavy atom. The number of hydrogen-bond donors (Lipinski definition) is 1. The van der Waals surface area contributed by atoms with Gasteiger partial charge in [-0.1, -0.05) is 42.5 Å². The third-order valence-electron chi connectivity index (χ3n) is 4.05. The van der Waals surface area contributed by atoms with E-state index in [1.165, 1.54) is 11.9 Å². The highest BCUT2D eigenvalue weighted by Gasteiger charge is 2.05. The highest BCUT2D eigenvalue weighted by molar-refractivity contribution is 5.94. The van der Waals surface area contributed by atoms with Gasteiger partial charge < -0.3 is 5.32 Å². The van der Waals surface area contributed by atoms with E-state index in [2.05, 4.69) is 39.7 Å². The quantitative estimate of drug-likeness (QED) is 0.644. The first-order valence-electron chi connectivity index (χ1n) is 8.55. The van der Waals surface area contributed by atoms with Crippen molar-refractivity contribution in [2.75, 3.05) is 6.54 Å². The van der Waals surface area contributed by atoms with E-state index in [1.807, 2.05) is 30.3 Å². The molecule has 0 radical (unpaired) electrons. The molecule has 1 N–H and O–H groups in total. The van der Waals surface area contributed by atoms with Crippen LogP contribution in [0.1, 0.15) is 34.3 Å². The Morgan fingerprint density at radius 1 is 0.960 bits per heavy atom. The number of benzene rings is 2. The molecule has 0 aliphatic rings. The van der Waals surface area contributed by atoms with Gasteiger partial charge in [0.25, 0.3) is 5.91 Å². The lowest BCUT2D eigenvalue weighted by molar-refractivity contribution is 0.0953. The predicted molar refractivity (Wildman–Crippen MR) is 97.3 cm³/mol. The molecular formula is C20H22N4O. The Balaban J connectivity index is 1.39. The van der Waals surface area contributed by atoms with Crippen molar-refractivity contribution in [3.8, 4) is 0 Å². The highest BCUT2D eigenvalue weighted by atomic mass is 16.1. The van der Waals surface area contributed by atoms with E-state index in [1.54, 1.807) is 11.0 Å². The summed E-state index contributed by atoms with van der Waals surface area (Å²) in [5, 5.41) is 7.06. The summed E-state index contributed by atoms with van der Waals surface area (Å²) in [6.07, 6.45) is 6.29. The fraction of sp³-hybridized carbons (Fsp3) is 0.250. The molecule has 0 atom stereocenters. The standard InChI is InChI=1S/C20H22N4O/c25-20(22-13-5-4-8-17-6-2-1-3-7-17)19-11-9-18(10-12-19)14-24-16-21-15-23-24/h1-3,6-7,9-12,15-16H,4-5,8,13-14H2,(H,22,25). The summed E-state index contributed by atoms with van der Waals surface area (Å²) < 4.78 is 1.75. The molecule has 5 nitrogen and oxygen atoms in total. The van der Waals surface area contributed by atoms with Crippen molar-refractivity contribution in [2.45, 2.75) is 25.8 Å². The van der Waals surface area contributed by atoms with E-state index >= 15 is 0 Å². The summed E-state index contributed by atoms with van der Waals surface area (Å²) in [7, 11) is 0. The van der Waals surface area contributed by atoms with E-state index in [0.29, 0.717) is 18.7 Å². The summed E-state index contributed by atoms with van der Waals surface area (Å²) in [6.45, 7) is 1.35. The molecule has 0 saturated carbocycles. The van der Waals surface area contributed by atoms with Gasteiger partial charge in [0.15, 0.2) is 0 Å². The number of unbranched alkanes of at least 4 members (excludes halogenated alkanes) is 1. The molecule has 0 unspecified atom stereocenters. The van der Waals surface area contributed by atoms with Crippen LogP contribution < -0.4 is 5.32 Å². The molecule has 1 aromatic heterocycles. The molecule has 0 bridgehead atoms. The molecule has 2 aromatic carbocycles. The van der Waals surface area contributed by atoms with Gasteiger partial charge >= 0.3 is 0 Å². The maximum absolute atomic E-state index is 12.2. The molecular weight excluding hydrogens is 312 g/mol. The monoisotopic (exact) mass is 334 g/mol. The Hall–Kier alpha value is -2.95. The van der Waals surface area contributed by atoms with Crippen molar-refractivity contribution in [3.63, 3.8) is 0 Å². The lowest BCUT2D eigenvalue weighted by Gasteiger charge is -2.07. The maximum atomic E-state index is 12.2. The van der Waals surface area contributed by atoms with Gasteiger partial charge in [0.2, 0.25) is 0 Å². The van der Waals surface area contributed by atoms with Crippen molar-refractivity contribution in [1.82, 2.24) is 20.1 Å². The Labute approximate surface area is 147 Å². The van der Waals surface area contributed by atoms with Crippen molar-refractivity contribution in [3.05, 3.63) is 83.9 Å².